The third-order valence-electron chi connectivity index (χ3n) is 1.94. The van der Waals surface area contributed by atoms with E-state index in [0.717, 1.165) is 16.7 Å². The molecule has 0 aliphatic rings. The number of fused-ring (bicyclic) bond motifs is 1. The highest BCUT2D eigenvalue weighted by atomic mass is 16.6. The maximum Gasteiger partial charge on any atom is 0.136 e. The minimum Gasteiger partial charge on any atom is -0.462 e. The molecule has 1 N–H and O–H groups in total. The SMILES string of the molecule is CONc1coc2ccc(C)cc12. The van der Waals surface area contributed by atoms with E-state index in [9.17, 15) is 0 Å². The molecule has 3 heteroatoms. The zero-order valence-electron chi connectivity index (χ0n) is 7.63. The Balaban J connectivity index is 2.58. The highest BCUT2D eigenvalue weighted by Crippen LogP contribution is 2.26. The maximum atomic E-state index is 5.31. The molecule has 2 aromatic rings. The van der Waals surface area contributed by atoms with E-state index in [1.165, 1.54) is 5.56 Å². The van der Waals surface area contributed by atoms with Crippen LogP contribution in [0.4, 0.5) is 5.69 Å². The lowest BCUT2D eigenvalue weighted by Gasteiger charge is -1.98. The third-order valence-corrected chi connectivity index (χ3v) is 1.94. The van der Waals surface area contributed by atoms with Crippen LogP contribution in [0, 0.1) is 6.92 Å². The first-order valence-corrected chi connectivity index (χ1v) is 4.08. The molecule has 0 aliphatic carbocycles. The molecular weight excluding hydrogens is 166 g/mol. The van der Waals surface area contributed by atoms with Crippen LogP contribution >= 0.6 is 0 Å². The first-order chi connectivity index (χ1) is 6.31. The van der Waals surface area contributed by atoms with Crippen molar-refractivity contribution in [3.05, 3.63) is 30.0 Å². The first-order valence-electron chi connectivity index (χ1n) is 4.08. The summed E-state index contributed by atoms with van der Waals surface area (Å²) in [7, 11) is 1.58. The van der Waals surface area contributed by atoms with Crippen molar-refractivity contribution < 1.29 is 9.25 Å². The number of aryl methyl sites for hydroxylation is 1. The van der Waals surface area contributed by atoms with Gasteiger partial charge in [-0.15, -0.1) is 0 Å². The minimum atomic E-state index is 0.862. The summed E-state index contributed by atoms with van der Waals surface area (Å²) >= 11 is 0. The molecule has 0 unspecified atom stereocenters. The summed E-state index contributed by atoms with van der Waals surface area (Å²) in [6.45, 7) is 2.04. The minimum absolute atomic E-state index is 0.862. The normalized spacial score (nSPS) is 10.6. The molecule has 0 saturated carbocycles. The summed E-state index contributed by atoms with van der Waals surface area (Å²) in [5.74, 6) is 0. The fourth-order valence-corrected chi connectivity index (χ4v) is 1.33. The van der Waals surface area contributed by atoms with Crippen LogP contribution in [0.1, 0.15) is 5.56 Å². The Morgan fingerprint density at radius 2 is 2.23 bits per heavy atom. The molecule has 0 spiro atoms. The van der Waals surface area contributed by atoms with Gasteiger partial charge in [0.15, 0.2) is 0 Å². The number of hydrogen-bond acceptors (Lipinski definition) is 3. The van der Waals surface area contributed by atoms with Crippen molar-refractivity contribution in [2.24, 2.45) is 0 Å². The third kappa shape index (κ3) is 1.38. The van der Waals surface area contributed by atoms with Crippen molar-refractivity contribution in [2.45, 2.75) is 6.92 Å². The topological polar surface area (TPSA) is 34.4 Å². The predicted molar refractivity (Wildman–Crippen MR) is 51.6 cm³/mol. The highest BCUT2D eigenvalue weighted by molar-refractivity contribution is 5.90. The van der Waals surface area contributed by atoms with E-state index in [1.54, 1.807) is 13.4 Å². The van der Waals surface area contributed by atoms with Gasteiger partial charge in [-0.2, -0.15) is 0 Å². The lowest BCUT2D eigenvalue weighted by molar-refractivity contribution is 0.271. The van der Waals surface area contributed by atoms with Crippen LogP contribution in [-0.2, 0) is 4.84 Å². The molecule has 0 amide bonds. The fourth-order valence-electron chi connectivity index (χ4n) is 1.33. The van der Waals surface area contributed by atoms with Gasteiger partial charge in [0.2, 0.25) is 0 Å². The van der Waals surface area contributed by atoms with Crippen LogP contribution in [0.3, 0.4) is 0 Å². The summed E-state index contributed by atoms with van der Waals surface area (Å²) in [6, 6.07) is 6.02. The Morgan fingerprint density at radius 3 is 3.00 bits per heavy atom. The summed E-state index contributed by atoms with van der Waals surface area (Å²) < 4.78 is 5.31. The standard InChI is InChI=1S/C10H11NO2/c1-7-3-4-10-8(5-7)9(6-13-10)11-12-2/h3-6,11H,1-2H3. The molecule has 1 aromatic carbocycles. The monoisotopic (exact) mass is 177 g/mol. The molecule has 13 heavy (non-hydrogen) atoms. The van der Waals surface area contributed by atoms with Gasteiger partial charge in [0.25, 0.3) is 0 Å². The molecule has 1 heterocycles. The van der Waals surface area contributed by atoms with Crippen LogP contribution in [0.5, 0.6) is 0 Å². The van der Waals surface area contributed by atoms with Gasteiger partial charge in [-0.1, -0.05) is 11.6 Å². The van der Waals surface area contributed by atoms with Crippen molar-refractivity contribution >= 4 is 16.7 Å². The van der Waals surface area contributed by atoms with Gasteiger partial charge >= 0.3 is 0 Å². The van der Waals surface area contributed by atoms with Crippen molar-refractivity contribution in [2.75, 3.05) is 12.6 Å². The predicted octanol–water partition coefficient (Wildman–Crippen LogP) is 2.71. The van der Waals surface area contributed by atoms with Crippen molar-refractivity contribution in [1.29, 1.82) is 0 Å². The lowest BCUT2D eigenvalue weighted by Crippen LogP contribution is -1.93. The number of benzene rings is 1. The Morgan fingerprint density at radius 1 is 1.38 bits per heavy atom. The average molecular weight is 177 g/mol. The quantitative estimate of drug-likeness (QED) is 0.716. The number of nitrogens with one attached hydrogen (secondary N) is 1. The number of hydrogen-bond donors (Lipinski definition) is 1. The van der Waals surface area contributed by atoms with Crippen molar-refractivity contribution in [3.8, 4) is 0 Å². The maximum absolute atomic E-state index is 5.31. The van der Waals surface area contributed by atoms with Gasteiger partial charge in [-0.05, 0) is 19.1 Å². The number of anilines is 1. The molecule has 1 aromatic heterocycles. The zero-order valence-corrected chi connectivity index (χ0v) is 7.63. The molecule has 0 fully saturated rings. The van der Waals surface area contributed by atoms with E-state index in [0.29, 0.717) is 0 Å². The Bertz CT molecular complexity index is 420. The van der Waals surface area contributed by atoms with E-state index >= 15 is 0 Å². The molecule has 0 saturated heterocycles. The van der Waals surface area contributed by atoms with Crippen molar-refractivity contribution in [1.82, 2.24) is 0 Å². The van der Waals surface area contributed by atoms with Gasteiger partial charge in [0.1, 0.15) is 17.5 Å². The van der Waals surface area contributed by atoms with Crippen LogP contribution in [0.15, 0.2) is 28.9 Å². The van der Waals surface area contributed by atoms with Gasteiger partial charge in [-0.3, -0.25) is 10.3 Å². The van der Waals surface area contributed by atoms with E-state index in [2.05, 4.69) is 11.5 Å². The van der Waals surface area contributed by atoms with Gasteiger partial charge in [0, 0.05) is 5.39 Å². The van der Waals surface area contributed by atoms with E-state index < -0.39 is 0 Å². The van der Waals surface area contributed by atoms with E-state index in [4.69, 9.17) is 9.25 Å². The molecule has 68 valence electrons. The summed E-state index contributed by atoms with van der Waals surface area (Å²) in [4.78, 5) is 4.82. The first kappa shape index (κ1) is 8.13. The number of rotatable bonds is 2. The van der Waals surface area contributed by atoms with Crippen LogP contribution in [0.2, 0.25) is 0 Å². The average Bonchev–Trinajstić information content (AvgIpc) is 2.49. The fraction of sp³-hybridized carbons (Fsp3) is 0.200. The Hall–Kier alpha value is -1.48. The van der Waals surface area contributed by atoms with E-state index in [1.807, 2.05) is 19.1 Å². The van der Waals surface area contributed by atoms with Crippen LogP contribution < -0.4 is 5.48 Å². The van der Waals surface area contributed by atoms with Gasteiger partial charge in [0.05, 0.1) is 7.11 Å². The van der Waals surface area contributed by atoms with Crippen LogP contribution in [-0.4, -0.2) is 7.11 Å². The van der Waals surface area contributed by atoms with E-state index in [-0.39, 0.29) is 0 Å². The molecule has 0 aliphatic heterocycles. The van der Waals surface area contributed by atoms with Crippen LogP contribution in [0.25, 0.3) is 11.0 Å². The molecule has 0 radical (unpaired) electrons. The highest BCUT2D eigenvalue weighted by Gasteiger charge is 2.04. The second kappa shape index (κ2) is 3.11. The Labute approximate surface area is 76.3 Å². The smallest absolute Gasteiger partial charge is 0.136 e. The molecule has 3 nitrogen and oxygen atoms in total. The van der Waals surface area contributed by atoms with Crippen molar-refractivity contribution in [3.63, 3.8) is 0 Å². The largest absolute Gasteiger partial charge is 0.462 e. The second-order valence-electron chi connectivity index (χ2n) is 2.96. The molecule has 0 bridgehead atoms. The molecule has 2 rings (SSSR count). The van der Waals surface area contributed by atoms with Gasteiger partial charge < -0.3 is 4.42 Å². The second-order valence-corrected chi connectivity index (χ2v) is 2.96. The molecular formula is C10H11NO2. The molecule has 0 atom stereocenters. The Kier molecular flexibility index (Phi) is 1.94. The lowest BCUT2D eigenvalue weighted by atomic mass is 10.2. The summed E-state index contributed by atoms with van der Waals surface area (Å²) in [6.07, 6.45) is 1.65. The summed E-state index contributed by atoms with van der Waals surface area (Å²) in [5, 5.41) is 1.04. The van der Waals surface area contributed by atoms with Gasteiger partial charge in [-0.25, -0.2) is 0 Å². The summed E-state index contributed by atoms with van der Waals surface area (Å²) in [5.41, 5.74) is 5.69. The zero-order chi connectivity index (χ0) is 9.26. The number of furan rings is 1.